The predicted octanol–water partition coefficient (Wildman–Crippen LogP) is 2.61. The Kier molecular flexibility index (Phi) is 4.67. The Balaban J connectivity index is 1.63. The summed E-state index contributed by atoms with van der Waals surface area (Å²) in [6.45, 7) is 5.32. The van der Waals surface area contributed by atoms with Crippen LogP contribution < -0.4 is 4.90 Å². The summed E-state index contributed by atoms with van der Waals surface area (Å²) in [5.74, 6) is -0.358. The standard InChI is InChI=1S/C22H23N3O2/c1-2-25-21(26)19(17-9-5-3-6-10-17)20(22(25)27)24-15-13-23(14-16-24)18-11-7-4-8-12-18/h3-12H,2,13-16H2,1H3. The molecule has 2 aromatic rings. The van der Waals surface area contributed by atoms with Gasteiger partial charge in [0, 0.05) is 38.4 Å². The first-order valence-electron chi connectivity index (χ1n) is 9.41. The van der Waals surface area contributed by atoms with E-state index < -0.39 is 0 Å². The summed E-state index contributed by atoms with van der Waals surface area (Å²) in [6, 6.07) is 19.8. The SMILES string of the molecule is CCN1C(=O)C(c2ccccc2)=C(N2CCN(c3ccccc3)CC2)C1=O. The number of para-hydroxylation sites is 1. The van der Waals surface area contributed by atoms with E-state index in [1.54, 1.807) is 0 Å². The fraction of sp³-hybridized carbons (Fsp3) is 0.273. The Morgan fingerprint density at radius 1 is 0.741 bits per heavy atom. The summed E-state index contributed by atoms with van der Waals surface area (Å²) in [4.78, 5) is 31.6. The molecule has 27 heavy (non-hydrogen) atoms. The molecule has 0 N–H and O–H groups in total. The minimum atomic E-state index is -0.186. The van der Waals surface area contributed by atoms with Crippen molar-refractivity contribution in [2.24, 2.45) is 0 Å². The largest absolute Gasteiger partial charge is 0.368 e. The molecule has 1 fully saturated rings. The zero-order valence-corrected chi connectivity index (χ0v) is 15.5. The minimum absolute atomic E-state index is 0.172. The second-order valence-electron chi connectivity index (χ2n) is 6.75. The highest BCUT2D eigenvalue weighted by Crippen LogP contribution is 2.32. The van der Waals surface area contributed by atoms with Crippen molar-refractivity contribution in [1.29, 1.82) is 0 Å². The van der Waals surface area contributed by atoms with Crippen LogP contribution in [0.5, 0.6) is 0 Å². The Bertz CT molecular complexity index is 869. The maximum Gasteiger partial charge on any atom is 0.277 e. The topological polar surface area (TPSA) is 43.9 Å². The normalized spacial score (nSPS) is 17.9. The number of anilines is 1. The summed E-state index contributed by atoms with van der Waals surface area (Å²) in [7, 11) is 0. The van der Waals surface area contributed by atoms with Gasteiger partial charge in [-0.25, -0.2) is 0 Å². The van der Waals surface area contributed by atoms with Crippen molar-refractivity contribution in [3.63, 3.8) is 0 Å². The molecule has 2 heterocycles. The lowest BCUT2D eigenvalue weighted by Crippen LogP contribution is -2.47. The third kappa shape index (κ3) is 3.10. The molecule has 4 rings (SSSR count). The van der Waals surface area contributed by atoms with Crippen LogP contribution in [0.25, 0.3) is 5.57 Å². The van der Waals surface area contributed by atoms with Crippen molar-refractivity contribution >= 4 is 23.1 Å². The number of amides is 2. The van der Waals surface area contributed by atoms with Crippen molar-refractivity contribution in [2.75, 3.05) is 37.6 Å². The molecule has 2 aliphatic heterocycles. The van der Waals surface area contributed by atoms with Crippen molar-refractivity contribution in [3.8, 4) is 0 Å². The van der Waals surface area contributed by atoms with Crippen LogP contribution in [0, 0.1) is 0 Å². The molecule has 0 atom stereocenters. The molecule has 5 heteroatoms. The van der Waals surface area contributed by atoms with Crippen molar-refractivity contribution in [3.05, 3.63) is 71.9 Å². The Morgan fingerprint density at radius 3 is 1.89 bits per heavy atom. The number of likely N-dealkylation sites (N-methyl/N-ethyl adjacent to an activating group) is 1. The van der Waals surface area contributed by atoms with Crippen LogP contribution in [-0.4, -0.2) is 54.3 Å². The summed E-state index contributed by atoms with van der Waals surface area (Å²) in [5.41, 5.74) is 3.10. The molecule has 0 radical (unpaired) electrons. The van der Waals surface area contributed by atoms with Gasteiger partial charge in [0.25, 0.3) is 11.8 Å². The van der Waals surface area contributed by atoms with Crippen LogP contribution in [0.15, 0.2) is 66.4 Å². The van der Waals surface area contributed by atoms with E-state index >= 15 is 0 Å². The molecule has 0 aliphatic carbocycles. The number of carbonyl (C=O) groups is 2. The molecule has 0 aromatic heterocycles. The van der Waals surface area contributed by atoms with Crippen LogP contribution in [0.2, 0.25) is 0 Å². The van der Waals surface area contributed by atoms with Gasteiger partial charge in [-0.15, -0.1) is 0 Å². The quantitative estimate of drug-likeness (QED) is 0.786. The van der Waals surface area contributed by atoms with Gasteiger partial charge in [0.05, 0.1) is 5.57 Å². The number of benzene rings is 2. The third-order valence-corrected chi connectivity index (χ3v) is 5.24. The first-order valence-corrected chi connectivity index (χ1v) is 9.41. The molecule has 2 amide bonds. The van der Waals surface area contributed by atoms with Crippen LogP contribution in [-0.2, 0) is 9.59 Å². The van der Waals surface area contributed by atoms with E-state index in [-0.39, 0.29) is 11.8 Å². The lowest BCUT2D eigenvalue weighted by atomic mass is 10.0. The van der Waals surface area contributed by atoms with Gasteiger partial charge in [-0.2, -0.15) is 0 Å². The van der Waals surface area contributed by atoms with E-state index in [0.717, 1.165) is 31.7 Å². The van der Waals surface area contributed by atoms with E-state index in [9.17, 15) is 9.59 Å². The smallest absolute Gasteiger partial charge is 0.277 e. The van der Waals surface area contributed by atoms with Gasteiger partial charge in [0.1, 0.15) is 5.70 Å². The molecule has 0 unspecified atom stereocenters. The fourth-order valence-electron chi connectivity index (χ4n) is 3.84. The lowest BCUT2D eigenvalue weighted by molar-refractivity contribution is -0.137. The second kappa shape index (κ2) is 7.27. The van der Waals surface area contributed by atoms with Crippen molar-refractivity contribution in [2.45, 2.75) is 6.92 Å². The summed E-state index contributed by atoms with van der Waals surface area (Å²) in [5, 5.41) is 0. The zero-order valence-electron chi connectivity index (χ0n) is 15.5. The van der Waals surface area contributed by atoms with Gasteiger partial charge >= 0.3 is 0 Å². The second-order valence-corrected chi connectivity index (χ2v) is 6.75. The van der Waals surface area contributed by atoms with Crippen LogP contribution in [0.1, 0.15) is 12.5 Å². The van der Waals surface area contributed by atoms with Gasteiger partial charge in [0.2, 0.25) is 0 Å². The Labute approximate surface area is 159 Å². The van der Waals surface area contributed by atoms with Crippen LogP contribution >= 0.6 is 0 Å². The number of nitrogens with zero attached hydrogens (tertiary/aromatic N) is 3. The number of piperazine rings is 1. The number of imide groups is 1. The summed E-state index contributed by atoms with van der Waals surface area (Å²) in [6.07, 6.45) is 0. The van der Waals surface area contributed by atoms with Gasteiger partial charge in [0.15, 0.2) is 0 Å². The predicted molar refractivity (Wildman–Crippen MR) is 106 cm³/mol. The number of carbonyl (C=O) groups excluding carboxylic acids is 2. The average molecular weight is 361 g/mol. The summed E-state index contributed by atoms with van der Waals surface area (Å²) < 4.78 is 0. The van der Waals surface area contributed by atoms with E-state index in [1.807, 2.05) is 55.5 Å². The van der Waals surface area contributed by atoms with Crippen molar-refractivity contribution < 1.29 is 9.59 Å². The van der Waals surface area contributed by atoms with Gasteiger partial charge in [-0.1, -0.05) is 48.5 Å². The Morgan fingerprint density at radius 2 is 1.30 bits per heavy atom. The van der Waals surface area contributed by atoms with Gasteiger partial charge < -0.3 is 9.80 Å². The Hall–Kier alpha value is -3.08. The highest BCUT2D eigenvalue weighted by Gasteiger charge is 2.41. The van der Waals surface area contributed by atoms with E-state index in [4.69, 9.17) is 0 Å². The summed E-state index contributed by atoms with van der Waals surface area (Å²) >= 11 is 0. The molecule has 2 aliphatic rings. The van der Waals surface area contributed by atoms with Gasteiger partial charge in [-0.05, 0) is 24.6 Å². The third-order valence-electron chi connectivity index (χ3n) is 5.24. The number of hydrogen-bond donors (Lipinski definition) is 0. The number of rotatable bonds is 4. The van der Waals surface area contributed by atoms with E-state index in [1.165, 1.54) is 10.6 Å². The molecule has 5 nitrogen and oxygen atoms in total. The average Bonchev–Trinajstić information content (AvgIpc) is 2.99. The molecule has 1 saturated heterocycles. The molecule has 138 valence electrons. The molecule has 0 saturated carbocycles. The fourth-order valence-corrected chi connectivity index (χ4v) is 3.84. The molecule has 2 aromatic carbocycles. The maximum atomic E-state index is 13.0. The molecule has 0 bridgehead atoms. The zero-order chi connectivity index (χ0) is 18.8. The molecular weight excluding hydrogens is 338 g/mol. The van der Waals surface area contributed by atoms with Crippen LogP contribution in [0.4, 0.5) is 5.69 Å². The first-order chi connectivity index (χ1) is 13.2. The van der Waals surface area contributed by atoms with Crippen LogP contribution in [0.3, 0.4) is 0 Å². The minimum Gasteiger partial charge on any atom is -0.368 e. The van der Waals surface area contributed by atoms with E-state index in [0.29, 0.717) is 17.8 Å². The molecular formula is C22H23N3O2. The van der Waals surface area contributed by atoms with Crippen molar-refractivity contribution in [1.82, 2.24) is 9.80 Å². The maximum absolute atomic E-state index is 13.0. The monoisotopic (exact) mass is 361 g/mol. The molecule has 0 spiro atoms. The first kappa shape index (κ1) is 17.3. The lowest BCUT2D eigenvalue weighted by Gasteiger charge is -2.37. The highest BCUT2D eigenvalue weighted by molar-refractivity contribution is 6.35. The van der Waals surface area contributed by atoms with E-state index in [2.05, 4.69) is 21.9 Å². The number of hydrogen-bond acceptors (Lipinski definition) is 4. The highest BCUT2D eigenvalue weighted by atomic mass is 16.2. The van der Waals surface area contributed by atoms with Gasteiger partial charge in [-0.3, -0.25) is 14.5 Å².